The molecule has 0 bridgehead atoms. The highest BCUT2D eigenvalue weighted by Crippen LogP contribution is 2.18. The van der Waals surface area contributed by atoms with E-state index < -0.39 is 18.2 Å². The van der Waals surface area contributed by atoms with E-state index in [4.69, 9.17) is 10.5 Å². The molecule has 66 valence electrons. The SMILES string of the molecule is CC1O[C@@H](C)C(O)C(N)[C@@H]1O. The van der Waals surface area contributed by atoms with Gasteiger partial charge in [-0.1, -0.05) is 0 Å². The first-order valence-electron chi connectivity index (χ1n) is 3.81. The van der Waals surface area contributed by atoms with Crippen molar-refractivity contribution in [2.24, 2.45) is 5.73 Å². The van der Waals surface area contributed by atoms with Crippen molar-refractivity contribution >= 4 is 0 Å². The smallest absolute Gasteiger partial charge is 0.0975 e. The van der Waals surface area contributed by atoms with E-state index in [9.17, 15) is 10.2 Å². The lowest BCUT2D eigenvalue weighted by Gasteiger charge is -2.38. The number of aliphatic hydroxyl groups excluding tert-OH is 2. The van der Waals surface area contributed by atoms with Crippen LogP contribution in [0.3, 0.4) is 0 Å². The van der Waals surface area contributed by atoms with Crippen LogP contribution in [0, 0.1) is 0 Å². The Morgan fingerprint density at radius 1 is 1.09 bits per heavy atom. The van der Waals surface area contributed by atoms with E-state index in [2.05, 4.69) is 0 Å². The number of hydrogen-bond acceptors (Lipinski definition) is 4. The maximum atomic E-state index is 9.32. The van der Waals surface area contributed by atoms with Crippen LogP contribution in [0.15, 0.2) is 0 Å². The van der Waals surface area contributed by atoms with Crippen LogP contribution in [0.5, 0.6) is 0 Å². The molecule has 0 spiro atoms. The quantitative estimate of drug-likeness (QED) is 0.419. The first-order valence-corrected chi connectivity index (χ1v) is 3.81. The molecule has 4 N–H and O–H groups in total. The monoisotopic (exact) mass is 161 g/mol. The van der Waals surface area contributed by atoms with E-state index in [0.29, 0.717) is 0 Å². The first kappa shape index (κ1) is 8.93. The molecule has 0 amide bonds. The second-order valence-electron chi connectivity index (χ2n) is 3.10. The van der Waals surface area contributed by atoms with Crippen molar-refractivity contribution in [1.82, 2.24) is 0 Å². The molecule has 5 atom stereocenters. The predicted molar refractivity (Wildman–Crippen MR) is 40.0 cm³/mol. The average molecular weight is 161 g/mol. The molecule has 0 radical (unpaired) electrons. The summed E-state index contributed by atoms with van der Waals surface area (Å²) in [7, 11) is 0. The highest BCUT2D eigenvalue weighted by Gasteiger charge is 2.38. The van der Waals surface area contributed by atoms with Gasteiger partial charge in [-0.3, -0.25) is 0 Å². The topological polar surface area (TPSA) is 75.7 Å². The highest BCUT2D eigenvalue weighted by molar-refractivity contribution is 4.91. The van der Waals surface area contributed by atoms with Crippen molar-refractivity contribution in [2.45, 2.75) is 44.3 Å². The average Bonchev–Trinajstić information content (AvgIpc) is 1.97. The third kappa shape index (κ3) is 1.54. The van der Waals surface area contributed by atoms with Gasteiger partial charge in [0.25, 0.3) is 0 Å². The van der Waals surface area contributed by atoms with E-state index >= 15 is 0 Å². The molecule has 4 heteroatoms. The summed E-state index contributed by atoms with van der Waals surface area (Å²) >= 11 is 0. The molecule has 0 aromatic rings. The Bertz CT molecular complexity index is 128. The summed E-state index contributed by atoms with van der Waals surface area (Å²) in [6.45, 7) is 3.49. The fourth-order valence-electron chi connectivity index (χ4n) is 1.33. The molecule has 1 rings (SSSR count). The van der Waals surface area contributed by atoms with Gasteiger partial charge < -0.3 is 20.7 Å². The fraction of sp³-hybridized carbons (Fsp3) is 1.00. The molecule has 0 saturated carbocycles. The van der Waals surface area contributed by atoms with E-state index in [1.54, 1.807) is 13.8 Å². The van der Waals surface area contributed by atoms with Crippen molar-refractivity contribution in [3.8, 4) is 0 Å². The van der Waals surface area contributed by atoms with Crippen molar-refractivity contribution in [2.75, 3.05) is 0 Å². The van der Waals surface area contributed by atoms with Gasteiger partial charge in [0.1, 0.15) is 0 Å². The number of ether oxygens (including phenoxy) is 1. The first-order chi connectivity index (χ1) is 5.04. The molecule has 0 aliphatic carbocycles. The Morgan fingerprint density at radius 2 is 1.45 bits per heavy atom. The van der Waals surface area contributed by atoms with E-state index in [0.717, 1.165) is 0 Å². The van der Waals surface area contributed by atoms with Gasteiger partial charge in [0, 0.05) is 0 Å². The third-order valence-corrected chi connectivity index (χ3v) is 2.18. The maximum Gasteiger partial charge on any atom is 0.0975 e. The van der Waals surface area contributed by atoms with E-state index in [-0.39, 0.29) is 12.2 Å². The number of hydrogen-bond donors (Lipinski definition) is 3. The minimum Gasteiger partial charge on any atom is -0.389 e. The normalized spacial score (nSPS) is 52.6. The number of rotatable bonds is 0. The molecule has 11 heavy (non-hydrogen) atoms. The van der Waals surface area contributed by atoms with Crippen molar-refractivity contribution in [1.29, 1.82) is 0 Å². The lowest BCUT2D eigenvalue weighted by molar-refractivity contribution is -0.165. The van der Waals surface area contributed by atoms with Gasteiger partial charge in [-0.2, -0.15) is 0 Å². The molecule has 0 aromatic carbocycles. The van der Waals surface area contributed by atoms with Crippen LogP contribution in [-0.4, -0.2) is 40.7 Å². The second kappa shape index (κ2) is 3.06. The van der Waals surface area contributed by atoms with Gasteiger partial charge in [-0.15, -0.1) is 0 Å². The molecular weight excluding hydrogens is 146 g/mol. The lowest BCUT2D eigenvalue weighted by atomic mass is 9.95. The second-order valence-corrected chi connectivity index (χ2v) is 3.10. The van der Waals surface area contributed by atoms with Gasteiger partial charge in [-0.05, 0) is 13.8 Å². The molecule has 1 aliphatic heterocycles. The molecule has 1 aliphatic rings. The Morgan fingerprint density at radius 3 is 1.82 bits per heavy atom. The molecular formula is C7H15NO3. The van der Waals surface area contributed by atoms with Gasteiger partial charge in [0.05, 0.1) is 30.5 Å². The van der Waals surface area contributed by atoms with Gasteiger partial charge in [0.2, 0.25) is 0 Å². The number of aliphatic hydroxyl groups is 2. The van der Waals surface area contributed by atoms with Crippen LogP contribution in [0.4, 0.5) is 0 Å². The van der Waals surface area contributed by atoms with Crippen LogP contribution < -0.4 is 5.73 Å². The van der Waals surface area contributed by atoms with Gasteiger partial charge in [0.15, 0.2) is 0 Å². The minimum atomic E-state index is -0.763. The van der Waals surface area contributed by atoms with E-state index in [1.807, 2.05) is 0 Å². The third-order valence-electron chi connectivity index (χ3n) is 2.18. The van der Waals surface area contributed by atoms with Gasteiger partial charge in [-0.25, -0.2) is 0 Å². The molecule has 1 saturated heterocycles. The standard InChI is InChI=1S/C7H15NO3/c1-3-6(9)5(8)7(10)4(2)11-3/h3-7,9-10H,8H2,1-2H3/t3-,4?,5?,6?,7+/m0/s1. The van der Waals surface area contributed by atoms with Crippen LogP contribution in [0.1, 0.15) is 13.8 Å². The molecule has 0 aromatic heterocycles. The zero-order chi connectivity index (χ0) is 8.59. The summed E-state index contributed by atoms with van der Waals surface area (Å²) in [5.74, 6) is 0. The Balaban J connectivity index is 2.63. The van der Waals surface area contributed by atoms with Gasteiger partial charge >= 0.3 is 0 Å². The molecule has 1 heterocycles. The summed E-state index contributed by atoms with van der Waals surface area (Å²) < 4.78 is 5.20. The highest BCUT2D eigenvalue weighted by atomic mass is 16.5. The Labute approximate surface area is 66.0 Å². The lowest BCUT2D eigenvalue weighted by Crippen LogP contribution is -2.59. The zero-order valence-electron chi connectivity index (χ0n) is 6.77. The fourth-order valence-corrected chi connectivity index (χ4v) is 1.33. The van der Waals surface area contributed by atoms with Crippen molar-refractivity contribution in [3.05, 3.63) is 0 Å². The summed E-state index contributed by atoms with van der Waals surface area (Å²) in [5.41, 5.74) is 5.52. The summed E-state index contributed by atoms with van der Waals surface area (Å²) in [6.07, 6.45) is -2.10. The van der Waals surface area contributed by atoms with Crippen molar-refractivity contribution in [3.63, 3.8) is 0 Å². The van der Waals surface area contributed by atoms with Crippen LogP contribution >= 0.6 is 0 Å². The van der Waals surface area contributed by atoms with E-state index in [1.165, 1.54) is 0 Å². The summed E-state index contributed by atoms with van der Waals surface area (Å²) in [4.78, 5) is 0. The Hall–Kier alpha value is -0.160. The summed E-state index contributed by atoms with van der Waals surface area (Å²) in [6, 6.07) is -0.589. The zero-order valence-corrected chi connectivity index (χ0v) is 6.77. The molecule has 3 unspecified atom stereocenters. The Kier molecular flexibility index (Phi) is 2.49. The van der Waals surface area contributed by atoms with Crippen LogP contribution in [-0.2, 0) is 4.74 Å². The summed E-state index contributed by atoms with van der Waals surface area (Å²) in [5, 5.41) is 18.6. The minimum absolute atomic E-state index is 0.289. The maximum absolute atomic E-state index is 9.32. The molecule has 1 fully saturated rings. The van der Waals surface area contributed by atoms with Crippen molar-refractivity contribution < 1.29 is 14.9 Å². The van der Waals surface area contributed by atoms with Crippen LogP contribution in [0.2, 0.25) is 0 Å². The number of nitrogens with two attached hydrogens (primary N) is 1. The molecule has 4 nitrogen and oxygen atoms in total. The predicted octanol–water partition coefficient (Wildman–Crippen LogP) is -1.16. The van der Waals surface area contributed by atoms with Crippen LogP contribution in [0.25, 0.3) is 0 Å². The largest absolute Gasteiger partial charge is 0.389 e.